The van der Waals surface area contributed by atoms with Gasteiger partial charge < -0.3 is 10.2 Å². The fourth-order valence-electron chi connectivity index (χ4n) is 3.47. The van der Waals surface area contributed by atoms with Crippen LogP contribution in [0.3, 0.4) is 0 Å². The number of fused-ring (bicyclic) bond motifs is 2. The number of benzene rings is 2. The van der Waals surface area contributed by atoms with Crippen molar-refractivity contribution in [1.29, 1.82) is 0 Å². The van der Waals surface area contributed by atoms with Crippen molar-refractivity contribution in [2.75, 3.05) is 16.8 Å². The van der Waals surface area contributed by atoms with Gasteiger partial charge in [-0.05, 0) is 54.8 Å². The van der Waals surface area contributed by atoms with Gasteiger partial charge in [-0.2, -0.15) is 0 Å². The van der Waals surface area contributed by atoms with E-state index in [1.54, 1.807) is 17.2 Å². The summed E-state index contributed by atoms with van der Waals surface area (Å²) in [4.78, 5) is 32.8. The lowest BCUT2D eigenvalue weighted by Gasteiger charge is -2.22. The molecule has 6 heteroatoms. The number of pyridine rings is 1. The Labute approximate surface area is 180 Å². The Hall–Kier alpha value is -3.12. The molecular weight excluding hydrogens is 394 g/mol. The third-order valence-electron chi connectivity index (χ3n) is 5.01. The third-order valence-corrected chi connectivity index (χ3v) is 6.10. The smallest absolute Gasteiger partial charge is 0.261 e. The van der Waals surface area contributed by atoms with Crippen molar-refractivity contribution in [2.45, 2.75) is 36.1 Å². The Kier molecular flexibility index (Phi) is 6.14. The standard InChI is InChI=1S/C24H23N3O2S/c1-2-17-8-5-9-18(16-17)26-22(28)13-7-15-27-20-11-3-4-12-21(20)30-23-19(24(27)29)10-6-14-25-23/h3-6,8-12,14,16H,2,7,13,15H2,1H3,(H,26,28). The van der Waals surface area contributed by atoms with E-state index in [1.807, 2.05) is 54.6 Å². The van der Waals surface area contributed by atoms with E-state index >= 15 is 0 Å². The lowest BCUT2D eigenvalue weighted by atomic mass is 10.1. The van der Waals surface area contributed by atoms with E-state index in [2.05, 4.69) is 17.2 Å². The second-order valence-electron chi connectivity index (χ2n) is 7.09. The molecule has 0 saturated heterocycles. The highest BCUT2D eigenvalue weighted by molar-refractivity contribution is 7.99. The number of hydrogen-bond acceptors (Lipinski definition) is 4. The van der Waals surface area contributed by atoms with Crippen LogP contribution in [-0.4, -0.2) is 23.3 Å². The molecule has 30 heavy (non-hydrogen) atoms. The van der Waals surface area contributed by atoms with Crippen LogP contribution in [0, 0.1) is 0 Å². The lowest BCUT2D eigenvalue weighted by molar-refractivity contribution is -0.116. The lowest BCUT2D eigenvalue weighted by Crippen LogP contribution is -2.32. The van der Waals surface area contributed by atoms with Gasteiger partial charge in [-0.3, -0.25) is 9.59 Å². The summed E-state index contributed by atoms with van der Waals surface area (Å²) in [6.45, 7) is 2.55. The second-order valence-corrected chi connectivity index (χ2v) is 8.12. The van der Waals surface area contributed by atoms with Gasteiger partial charge in [0.2, 0.25) is 5.91 Å². The number of carbonyl (C=O) groups excluding carboxylic acids is 2. The summed E-state index contributed by atoms with van der Waals surface area (Å²) in [6.07, 6.45) is 3.54. The van der Waals surface area contributed by atoms with Crippen molar-refractivity contribution >= 4 is 35.0 Å². The summed E-state index contributed by atoms with van der Waals surface area (Å²) in [5.74, 6) is -0.123. The minimum atomic E-state index is -0.0772. The second kappa shape index (κ2) is 9.13. The molecule has 2 aromatic carbocycles. The van der Waals surface area contributed by atoms with Crippen LogP contribution in [0.2, 0.25) is 0 Å². The van der Waals surface area contributed by atoms with E-state index in [1.165, 1.54) is 17.3 Å². The molecule has 0 fully saturated rings. The van der Waals surface area contributed by atoms with Crippen molar-refractivity contribution in [3.05, 3.63) is 78.0 Å². The molecule has 1 aliphatic heterocycles. The van der Waals surface area contributed by atoms with Crippen molar-refractivity contribution in [3.8, 4) is 0 Å². The predicted octanol–water partition coefficient (Wildman–Crippen LogP) is 5.17. The molecule has 3 aromatic rings. The van der Waals surface area contributed by atoms with Crippen LogP contribution in [0.4, 0.5) is 11.4 Å². The van der Waals surface area contributed by atoms with Crippen LogP contribution in [-0.2, 0) is 11.2 Å². The molecule has 4 rings (SSSR count). The molecule has 0 radical (unpaired) electrons. The first-order valence-corrected chi connectivity index (χ1v) is 10.9. The maximum Gasteiger partial charge on any atom is 0.261 e. The van der Waals surface area contributed by atoms with Crippen LogP contribution in [0.5, 0.6) is 0 Å². The quantitative estimate of drug-likeness (QED) is 0.601. The van der Waals surface area contributed by atoms with Crippen molar-refractivity contribution in [1.82, 2.24) is 4.98 Å². The number of carbonyl (C=O) groups is 2. The number of rotatable bonds is 6. The van der Waals surface area contributed by atoms with Crippen molar-refractivity contribution in [3.63, 3.8) is 0 Å². The van der Waals surface area contributed by atoms with Crippen molar-refractivity contribution < 1.29 is 9.59 Å². The van der Waals surface area contributed by atoms with Crippen LogP contribution < -0.4 is 10.2 Å². The zero-order valence-electron chi connectivity index (χ0n) is 16.8. The average Bonchev–Trinajstić information content (AvgIpc) is 2.88. The predicted molar refractivity (Wildman–Crippen MR) is 120 cm³/mol. The highest BCUT2D eigenvalue weighted by Gasteiger charge is 2.27. The van der Waals surface area contributed by atoms with Crippen LogP contribution in [0.15, 0.2) is 76.8 Å². The molecule has 1 aromatic heterocycles. The Bertz CT molecular complexity index is 1080. The fourth-order valence-corrected chi connectivity index (χ4v) is 4.49. The summed E-state index contributed by atoms with van der Waals surface area (Å²) < 4.78 is 0. The molecule has 0 spiro atoms. The molecule has 0 unspecified atom stereocenters. The van der Waals surface area contributed by atoms with Gasteiger partial charge in [0.25, 0.3) is 5.91 Å². The van der Waals surface area contributed by atoms with Crippen LogP contribution >= 0.6 is 11.8 Å². The minimum absolute atomic E-state index is 0.0461. The monoisotopic (exact) mass is 417 g/mol. The number of aryl methyl sites for hydroxylation is 1. The summed E-state index contributed by atoms with van der Waals surface area (Å²) in [5.41, 5.74) is 3.46. The number of anilines is 2. The number of hydrogen-bond donors (Lipinski definition) is 1. The van der Waals surface area contributed by atoms with Crippen molar-refractivity contribution in [2.24, 2.45) is 0 Å². The Morgan fingerprint density at radius 2 is 1.97 bits per heavy atom. The molecule has 2 heterocycles. The number of nitrogens with one attached hydrogen (secondary N) is 1. The SMILES string of the molecule is CCc1cccc(NC(=O)CCCN2C(=O)c3cccnc3Sc3ccccc32)c1. The van der Waals surface area contributed by atoms with E-state index in [9.17, 15) is 9.59 Å². The zero-order chi connectivity index (χ0) is 20.9. The largest absolute Gasteiger partial charge is 0.326 e. The van der Waals surface area contributed by atoms with Gasteiger partial charge >= 0.3 is 0 Å². The van der Waals surface area contributed by atoms with Gasteiger partial charge in [0.05, 0.1) is 11.3 Å². The molecule has 0 aliphatic carbocycles. The van der Waals surface area contributed by atoms with E-state index in [0.717, 1.165) is 22.7 Å². The summed E-state index contributed by atoms with van der Waals surface area (Å²) in [6, 6.07) is 19.3. The first-order chi connectivity index (χ1) is 14.7. The van der Waals surface area contributed by atoms with Crippen LogP contribution in [0.25, 0.3) is 0 Å². The van der Waals surface area contributed by atoms with Gasteiger partial charge in [-0.15, -0.1) is 0 Å². The highest BCUT2D eigenvalue weighted by Crippen LogP contribution is 2.40. The molecular formula is C24H23N3O2S. The fraction of sp³-hybridized carbons (Fsp3) is 0.208. The van der Waals surface area contributed by atoms with Gasteiger partial charge in [0.1, 0.15) is 5.03 Å². The molecule has 2 amide bonds. The molecule has 0 bridgehead atoms. The zero-order valence-corrected chi connectivity index (χ0v) is 17.6. The first kappa shape index (κ1) is 20.2. The number of para-hydroxylation sites is 1. The molecule has 1 N–H and O–H groups in total. The maximum atomic E-state index is 13.2. The normalized spacial score (nSPS) is 12.7. The van der Waals surface area contributed by atoms with Crippen LogP contribution in [0.1, 0.15) is 35.7 Å². The van der Waals surface area contributed by atoms with Gasteiger partial charge in [-0.25, -0.2) is 4.98 Å². The van der Waals surface area contributed by atoms with Gasteiger partial charge in [-0.1, -0.05) is 43.0 Å². The first-order valence-electron chi connectivity index (χ1n) is 10.1. The molecule has 0 saturated carbocycles. The number of amides is 2. The third kappa shape index (κ3) is 4.39. The van der Waals surface area contributed by atoms with E-state index < -0.39 is 0 Å². The topological polar surface area (TPSA) is 62.3 Å². The van der Waals surface area contributed by atoms with E-state index in [4.69, 9.17) is 0 Å². The summed E-state index contributed by atoms with van der Waals surface area (Å²) >= 11 is 1.50. The molecule has 1 aliphatic rings. The van der Waals surface area contributed by atoms with Gasteiger partial charge in [0.15, 0.2) is 0 Å². The highest BCUT2D eigenvalue weighted by atomic mass is 32.2. The maximum absolute atomic E-state index is 13.2. The molecule has 152 valence electrons. The number of aromatic nitrogens is 1. The number of nitrogens with zero attached hydrogens (tertiary/aromatic N) is 2. The minimum Gasteiger partial charge on any atom is -0.326 e. The molecule has 5 nitrogen and oxygen atoms in total. The molecule has 0 atom stereocenters. The average molecular weight is 418 g/mol. The van der Waals surface area contributed by atoms with E-state index in [-0.39, 0.29) is 11.8 Å². The Morgan fingerprint density at radius 1 is 1.10 bits per heavy atom. The summed E-state index contributed by atoms with van der Waals surface area (Å²) in [7, 11) is 0. The Morgan fingerprint density at radius 3 is 2.83 bits per heavy atom. The van der Waals surface area contributed by atoms with E-state index in [0.29, 0.717) is 30.0 Å². The van der Waals surface area contributed by atoms with Gasteiger partial charge in [0, 0.05) is 29.7 Å². The Balaban J connectivity index is 1.45. The summed E-state index contributed by atoms with van der Waals surface area (Å²) in [5, 5.41) is 3.67.